The number of nitrogens with zero attached hydrogens (tertiary/aromatic N) is 2. The third-order valence-corrected chi connectivity index (χ3v) is 2.88. The van der Waals surface area contributed by atoms with Crippen LogP contribution in [0, 0.1) is 21.4 Å². The lowest BCUT2D eigenvalue weighted by Gasteiger charge is -2.05. The summed E-state index contributed by atoms with van der Waals surface area (Å²) in [5.41, 5.74) is -1.22. The van der Waals surface area contributed by atoms with Gasteiger partial charge in [-0.05, 0) is 6.07 Å². The molecule has 8 nitrogen and oxygen atoms in total. The predicted octanol–water partition coefficient (Wildman–Crippen LogP) is 0.122. The summed E-state index contributed by atoms with van der Waals surface area (Å²) in [6.45, 7) is 0. The monoisotopic (exact) mass is 257 g/mol. The van der Waals surface area contributed by atoms with Crippen LogP contribution in [0.25, 0.3) is 0 Å². The fourth-order valence-electron chi connectivity index (χ4n) is 1.22. The standard InChI is InChI=1S/C8H7N3O5S/c1-16-6-2-5(4-9)8(17(10,14)15)7(3-6)11(12)13/h2-3H,1H3,(H2,10,14,15). The zero-order valence-electron chi connectivity index (χ0n) is 8.58. The molecule has 0 bridgehead atoms. The number of nitro groups is 1. The van der Waals surface area contributed by atoms with E-state index < -0.39 is 31.1 Å². The maximum absolute atomic E-state index is 11.2. The molecule has 0 amide bonds. The van der Waals surface area contributed by atoms with Crippen molar-refractivity contribution in [2.45, 2.75) is 4.90 Å². The van der Waals surface area contributed by atoms with E-state index in [0.29, 0.717) is 0 Å². The molecular formula is C8H7N3O5S. The van der Waals surface area contributed by atoms with Gasteiger partial charge in [-0.25, -0.2) is 13.6 Å². The Morgan fingerprint density at radius 3 is 2.47 bits per heavy atom. The lowest BCUT2D eigenvalue weighted by molar-refractivity contribution is -0.387. The van der Waals surface area contributed by atoms with Gasteiger partial charge >= 0.3 is 0 Å². The maximum Gasteiger partial charge on any atom is 0.294 e. The van der Waals surface area contributed by atoms with Crippen molar-refractivity contribution in [3.05, 3.63) is 27.8 Å². The second-order valence-electron chi connectivity index (χ2n) is 2.94. The van der Waals surface area contributed by atoms with E-state index in [2.05, 4.69) is 0 Å². The summed E-state index contributed by atoms with van der Waals surface area (Å²) in [7, 11) is -3.13. The zero-order chi connectivity index (χ0) is 13.2. The van der Waals surface area contributed by atoms with Gasteiger partial charge in [-0.1, -0.05) is 0 Å². The lowest BCUT2D eigenvalue weighted by atomic mass is 10.2. The Morgan fingerprint density at radius 1 is 1.53 bits per heavy atom. The van der Waals surface area contributed by atoms with Gasteiger partial charge in [-0.15, -0.1) is 0 Å². The topological polar surface area (TPSA) is 136 Å². The number of methoxy groups -OCH3 is 1. The molecular weight excluding hydrogens is 250 g/mol. The number of hydrogen-bond donors (Lipinski definition) is 1. The molecule has 0 saturated heterocycles. The van der Waals surface area contributed by atoms with Crippen LogP contribution >= 0.6 is 0 Å². The summed E-state index contributed by atoms with van der Waals surface area (Å²) >= 11 is 0. The first-order valence-corrected chi connectivity index (χ1v) is 5.65. The van der Waals surface area contributed by atoms with Crippen molar-refractivity contribution < 1.29 is 18.1 Å². The Hall–Kier alpha value is -2.18. The highest BCUT2D eigenvalue weighted by atomic mass is 32.2. The van der Waals surface area contributed by atoms with E-state index in [9.17, 15) is 18.5 Å². The Kier molecular flexibility index (Phi) is 3.31. The Bertz CT molecular complexity index is 617. The van der Waals surface area contributed by atoms with Crippen LogP contribution in [0.2, 0.25) is 0 Å². The average Bonchev–Trinajstić information content (AvgIpc) is 2.25. The molecule has 1 aromatic rings. The number of sulfonamides is 1. The number of nitro benzene ring substituents is 1. The Labute approximate surface area is 96.4 Å². The number of rotatable bonds is 3. The smallest absolute Gasteiger partial charge is 0.294 e. The minimum absolute atomic E-state index is 0.000602. The molecule has 0 atom stereocenters. The number of nitrogens with two attached hydrogens (primary N) is 1. The van der Waals surface area contributed by atoms with E-state index in [1.807, 2.05) is 0 Å². The molecule has 0 aliphatic heterocycles. The van der Waals surface area contributed by atoms with Gasteiger partial charge in [-0.2, -0.15) is 5.26 Å². The van der Waals surface area contributed by atoms with E-state index in [1.54, 1.807) is 0 Å². The molecule has 0 spiro atoms. The van der Waals surface area contributed by atoms with Crippen LogP contribution in [0.4, 0.5) is 5.69 Å². The van der Waals surface area contributed by atoms with Gasteiger partial charge in [0.1, 0.15) is 11.8 Å². The van der Waals surface area contributed by atoms with Gasteiger partial charge in [-0.3, -0.25) is 10.1 Å². The van der Waals surface area contributed by atoms with Crippen molar-refractivity contribution in [3.63, 3.8) is 0 Å². The summed E-state index contributed by atoms with van der Waals surface area (Å²) in [6.07, 6.45) is 0. The summed E-state index contributed by atoms with van der Waals surface area (Å²) in [6, 6.07) is 3.48. The highest BCUT2D eigenvalue weighted by molar-refractivity contribution is 7.89. The minimum atomic E-state index is -4.37. The van der Waals surface area contributed by atoms with Crippen LogP contribution in [0.15, 0.2) is 17.0 Å². The van der Waals surface area contributed by atoms with E-state index in [0.717, 1.165) is 12.1 Å². The number of nitriles is 1. The molecule has 0 radical (unpaired) electrons. The largest absolute Gasteiger partial charge is 0.496 e. The molecule has 0 fully saturated rings. The van der Waals surface area contributed by atoms with Crippen LogP contribution in [0.1, 0.15) is 5.56 Å². The second kappa shape index (κ2) is 4.36. The van der Waals surface area contributed by atoms with Crippen molar-refractivity contribution in [1.29, 1.82) is 5.26 Å². The molecule has 0 aliphatic rings. The van der Waals surface area contributed by atoms with Gasteiger partial charge in [0.15, 0.2) is 4.90 Å². The highest BCUT2D eigenvalue weighted by Crippen LogP contribution is 2.31. The lowest BCUT2D eigenvalue weighted by Crippen LogP contribution is -2.16. The van der Waals surface area contributed by atoms with E-state index in [-0.39, 0.29) is 5.75 Å². The summed E-state index contributed by atoms with van der Waals surface area (Å²) in [5, 5.41) is 24.3. The molecule has 0 heterocycles. The molecule has 0 unspecified atom stereocenters. The summed E-state index contributed by atoms with van der Waals surface area (Å²) in [4.78, 5) is 8.97. The second-order valence-corrected chi connectivity index (χ2v) is 4.44. The molecule has 9 heteroatoms. The van der Waals surface area contributed by atoms with Gasteiger partial charge in [0.25, 0.3) is 5.69 Å². The number of primary sulfonamides is 1. The van der Waals surface area contributed by atoms with E-state index in [1.165, 1.54) is 13.2 Å². The average molecular weight is 257 g/mol. The first-order chi connectivity index (χ1) is 7.81. The third-order valence-electron chi connectivity index (χ3n) is 1.88. The third kappa shape index (κ3) is 2.49. The van der Waals surface area contributed by atoms with Crippen LogP contribution in [-0.4, -0.2) is 20.5 Å². The van der Waals surface area contributed by atoms with Gasteiger partial charge in [0, 0.05) is 0 Å². The minimum Gasteiger partial charge on any atom is -0.496 e. The number of ether oxygens (including phenoxy) is 1. The molecule has 17 heavy (non-hydrogen) atoms. The highest BCUT2D eigenvalue weighted by Gasteiger charge is 2.28. The SMILES string of the molecule is COc1cc(C#N)c(S(N)(=O)=O)c([N+](=O)[O-])c1. The van der Waals surface area contributed by atoms with E-state index >= 15 is 0 Å². The van der Waals surface area contributed by atoms with Crippen LogP contribution in [0.5, 0.6) is 5.75 Å². The zero-order valence-corrected chi connectivity index (χ0v) is 9.39. The van der Waals surface area contributed by atoms with Crippen molar-refractivity contribution in [1.82, 2.24) is 0 Å². The van der Waals surface area contributed by atoms with Gasteiger partial charge in [0.2, 0.25) is 10.0 Å². The Morgan fingerprint density at radius 2 is 2.12 bits per heavy atom. The van der Waals surface area contributed by atoms with Crippen LogP contribution < -0.4 is 9.88 Å². The maximum atomic E-state index is 11.2. The van der Waals surface area contributed by atoms with Gasteiger partial charge in [0.05, 0.1) is 23.7 Å². The van der Waals surface area contributed by atoms with Crippen molar-refractivity contribution in [2.24, 2.45) is 5.14 Å². The molecule has 0 aromatic heterocycles. The molecule has 0 saturated carbocycles. The molecule has 1 aromatic carbocycles. The first-order valence-electron chi connectivity index (χ1n) is 4.10. The normalized spacial score (nSPS) is 10.6. The Balaban J connectivity index is 3.79. The quantitative estimate of drug-likeness (QED) is 0.603. The van der Waals surface area contributed by atoms with Gasteiger partial charge < -0.3 is 4.74 Å². The van der Waals surface area contributed by atoms with Crippen molar-refractivity contribution in [3.8, 4) is 11.8 Å². The number of hydrogen-bond acceptors (Lipinski definition) is 6. The fourth-order valence-corrected chi connectivity index (χ4v) is 2.06. The molecule has 90 valence electrons. The number of benzene rings is 1. The summed E-state index contributed by atoms with van der Waals surface area (Å²) in [5.74, 6) is 0.000602. The van der Waals surface area contributed by atoms with E-state index in [4.69, 9.17) is 15.1 Å². The van der Waals surface area contributed by atoms with Crippen LogP contribution in [-0.2, 0) is 10.0 Å². The van der Waals surface area contributed by atoms with Crippen LogP contribution in [0.3, 0.4) is 0 Å². The van der Waals surface area contributed by atoms with Crippen molar-refractivity contribution >= 4 is 15.7 Å². The molecule has 1 rings (SSSR count). The fraction of sp³-hybridized carbons (Fsp3) is 0.125. The molecule has 2 N–H and O–H groups in total. The first kappa shape index (κ1) is 12.9. The molecule has 0 aliphatic carbocycles. The van der Waals surface area contributed by atoms with Crippen molar-refractivity contribution in [2.75, 3.05) is 7.11 Å². The summed E-state index contributed by atoms with van der Waals surface area (Å²) < 4.78 is 27.2. The predicted molar refractivity (Wildman–Crippen MR) is 55.7 cm³/mol.